The summed E-state index contributed by atoms with van der Waals surface area (Å²) in [5.41, 5.74) is 0. The molecule has 0 aromatic carbocycles. The van der Waals surface area contributed by atoms with Crippen LogP contribution in [0, 0.1) is 0 Å². The fourth-order valence-corrected chi connectivity index (χ4v) is 7.16. The zero-order chi connectivity index (χ0) is 41.5. The highest BCUT2D eigenvalue weighted by Crippen LogP contribution is 2.42. The van der Waals surface area contributed by atoms with E-state index in [4.69, 9.17) is 42.6 Å². The van der Waals surface area contributed by atoms with Gasteiger partial charge >= 0.3 is 0 Å². The highest BCUT2D eigenvalue weighted by molar-refractivity contribution is 5.04. The molecule has 0 aliphatic carbocycles. The molecule has 5 saturated heterocycles. The largest absolute Gasteiger partial charge is 0.394 e. The number of rotatable bonds is 17. The fraction of sp³-hybridized carbons (Fsp3) is 1.00. The molecule has 5 rings (SSSR count). The van der Waals surface area contributed by atoms with Crippen LogP contribution in [0.2, 0.25) is 0 Å². The summed E-state index contributed by atoms with van der Waals surface area (Å²) in [7, 11) is 0. The van der Waals surface area contributed by atoms with Crippen LogP contribution in [0.1, 0.15) is 0 Å². The lowest BCUT2D eigenvalue weighted by Crippen LogP contribution is -2.62. The van der Waals surface area contributed by atoms with E-state index in [0.717, 1.165) is 0 Å². The molecular weight excluding hydrogens is 776 g/mol. The van der Waals surface area contributed by atoms with Gasteiger partial charge in [-0.25, -0.2) is 0 Å². The molecule has 0 spiro atoms. The summed E-state index contributed by atoms with van der Waals surface area (Å²) < 4.78 is 49.8. The van der Waals surface area contributed by atoms with Gasteiger partial charge in [0.1, 0.15) is 124 Å². The van der Waals surface area contributed by atoms with Gasteiger partial charge in [0.05, 0.1) is 33.0 Å². The first-order valence-electron chi connectivity index (χ1n) is 17.5. The molecule has 5 aliphatic rings. The molecule has 0 saturated carbocycles. The van der Waals surface area contributed by atoms with Crippen LogP contribution in [-0.2, 0) is 42.6 Å². The van der Waals surface area contributed by atoms with E-state index in [0.29, 0.717) is 0 Å². The summed E-state index contributed by atoms with van der Waals surface area (Å²) in [5, 5.41) is 176. The van der Waals surface area contributed by atoms with Crippen molar-refractivity contribution in [2.24, 2.45) is 0 Å². The predicted molar refractivity (Wildman–Crippen MR) is 167 cm³/mol. The van der Waals surface area contributed by atoms with Gasteiger partial charge in [-0.2, -0.15) is 0 Å². The summed E-state index contributed by atoms with van der Waals surface area (Å²) >= 11 is 0. The van der Waals surface area contributed by atoms with E-state index in [9.17, 15) is 86.8 Å². The Labute approximate surface area is 316 Å². The Morgan fingerprint density at radius 2 is 0.750 bits per heavy atom. The molecular formula is C30H52O26. The second-order valence-corrected chi connectivity index (χ2v) is 14.2. The first-order chi connectivity index (χ1) is 26.4. The maximum Gasteiger partial charge on any atom is 0.224 e. The molecule has 0 aromatic rings. The van der Waals surface area contributed by atoms with E-state index < -0.39 is 187 Å². The van der Waals surface area contributed by atoms with Crippen molar-refractivity contribution in [3.63, 3.8) is 0 Å². The van der Waals surface area contributed by atoms with Crippen molar-refractivity contribution >= 4 is 0 Å². The molecule has 26 nitrogen and oxygen atoms in total. The topological polar surface area (TPSA) is 427 Å². The first kappa shape index (κ1) is 46.0. The Kier molecular flexibility index (Phi) is 14.7. The quantitative estimate of drug-likeness (QED) is 0.0647. The fourth-order valence-electron chi connectivity index (χ4n) is 7.16. The van der Waals surface area contributed by atoms with E-state index >= 15 is 0 Å². The number of hydrogen-bond donors (Lipinski definition) is 17. The van der Waals surface area contributed by atoms with E-state index in [1.807, 2.05) is 0 Å². The van der Waals surface area contributed by atoms with Gasteiger partial charge in [-0.05, 0) is 0 Å². The third kappa shape index (κ3) is 7.97. The maximum absolute atomic E-state index is 11.4. The van der Waals surface area contributed by atoms with Crippen LogP contribution in [0.4, 0.5) is 0 Å². The smallest absolute Gasteiger partial charge is 0.224 e. The van der Waals surface area contributed by atoms with Gasteiger partial charge in [-0.1, -0.05) is 0 Å². The average molecular weight is 829 g/mol. The summed E-state index contributed by atoms with van der Waals surface area (Å²) in [6, 6.07) is 0. The van der Waals surface area contributed by atoms with Gasteiger partial charge in [-0.3, -0.25) is 0 Å². The Morgan fingerprint density at radius 3 is 1.20 bits per heavy atom. The second kappa shape index (κ2) is 17.9. The van der Waals surface area contributed by atoms with Crippen molar-refractivity contribution in [1.29, 1.82) is 0 Å². The normalized spacial score (nSPS) is 52.3. The zero-order valence-corrected chi connectivity index (χ0v) is 29.5. The molecule has 6 unspecified atom stereocenters. The molecule has 328 valence electrons. The van der Waals surface area contributed by atoms with Crippen molar-refractivity contribution in [3.05, 3.63) is 0 Å². The van der Waals surface area contributed by atoms with Crippen LogP contribution in [0.5, 0.6) is 0 Å². The number of ether oxygens (including phenoxy) is 9. The zero-order valence-electron chi connectivity index (χ0n) is 29.5. The average Bonchev–Trinajstić information content (AvgIpc) is 3.80. The molecule has 56 heavy (non-hydrogen) atoms. The summed E-state index contributed by atoms with van der Waals surface area (Å²) in [6.45, 7) is -9.08. The number of hydrogen-bond acceptors (Lipinski definition) is 26. The number of aliphatic hydroxyl groups is 17. The minimum Gasteiger partial charge on any atom is -0.394 e. The van der Waals surface area contributed by atoms with Crippen LogP contribution in [-0.4, -0.2) is 273 Å². The first-order valence-corrected chi connectivity index (χ1v) is 17.5. The van der Waals surface area contributed by atoms with Gasteiger partial charge in [0.25, 0.3) is 0 Å². The van der Waals surface area contributed by atoms with Crippen LogP contribution >= 0.6 is 0 Å². The monoisotopic (exact) mass is 828 g/mol. The molecule has 0 radical (unpaired) electrons. The second-order valence-electron chi connectivity index (χ2n) is 14.2. The van der Waals surface area contributed by atoms with Gasteiger partial charge in [0.15, 0.2) is 6.29 Å². The van der Waals surface area contributed by atoms with Crippen molar-refractivity contribution in [3.8, 4) is 0 Å². The highest BCUT2D eigenvalue weighted by Gasteiger charge is 2.64. The molecule has 5 fully saturated rings. The molecule has 0 bridgehead atoms. The lowest BCUT2D eigenvalue weighted by Gasteiger charge is -2.43. The van der Waals surface area contributed by atoms with Crippen molar-refractivity contribution < 1.29 is 129 Å². The Hall–Kier alpha value is -1.04. The summed E-state index contributed by atoms with van der Waals surface area (Å²) in [6.07, 6.45) is -31.7. The molecule has 17 N–H and O–H groups in total. The number of aliphatic hydroxyl groups excluding tert-OH is 17. The molecule has 0 aromatic heterocycles. The van der Waals surface area contributed by atoms with E-state index in [1.165, 1.54) is 0 Å². The molecule has 5 aliphatic heterocycles. The molecule has 21 atom stereocenters. The van der Waals surface area contributed by atoms with Crippen molar-refractivity contribution in [2.45, 2.75) is 127 Å². The highest BCUT2D eigenvalue weighted by atomic mass is 16.8. The lowest BCUT2D eigenvalue weighted by molar-refractivity contribution is -0.386. The third-order valence-electron chi connectivity index (χ3n) is 10.7. The van der Waals surface area contributed by atoms with E-state index in [-0.39, 0.29) is 0 Å². The SMILES string of the molecule is OCC1O[C@@H](O[C@]2(CO)O[C@H](CO[C@]3(CO[C@]4(CO)O[C@H](CO)[C@H](O)C4O)O[C@H](CO[C@]4(CO)O[C@H](CO)[C@H](O)C4O)[C@H](O)C3O)[C@H](O)C2O)C(O)[C@H](O)[C@@H]1O. The summed E-state index contributed by atoms with van der Waals surface area (Å²) in [4.78, 5) is 0. The van der Waals surface area contributed by atoms with Crippen LogP contribution in [0.3, 0.4) is 0 Å². The van der Waals surface area contributed by atoms with Gasteiger partial charge < -0.3 is 129 Å². The predicted octanol–water partition coefficient (Wildman–Crippen LogP) is -11.9. The van der Waals surface area contributed by atoms with Crippen LogP contribution < -0.4 is 0 Å². The van der Waals surface area contributed by atoms with Crippen molar-refractivity contribution in [2.75, 3.05) is 59.5 Å². The molecule has 0 amide bonds. The van der Waals surface area contributed by atoms with E-state index in [2.05, 4.69) is 0 Å². The Bertz CT molecular complexity index is 1270. The van der Waals surface area contributed by atoms with Gasteiger partial charge in [-0.15, -0.1) is 0 Å². The summed E-state index contributed by atoms with van der Waals surface area (Å²) in [5.74, 6) is -10.2. The molecule has 26 heteroatoms. The van der Waals surface area contributed by atoms with Crippen LogP contribution in [0.15, 0.2) is 0 Å². The molecule has 5 heterocycles. The standard InChI is InChI=1S/C30H52O26/c31-1-10-15(37)20(42)21(43)26(51-10)56-29(8-36)24(46)18(40)13(54-29)5-49-30(9-50-28(7-35)23(45)17(39)12(3-33)53-28)25(47)19(41)14(55-30)4-48-27(6-34)22(44)16(38)11(2-32)52-27/h10-26,31-47H,1-9H2/t10?,11-,12-,13-,14-,15-,16+,17+,18+,19+,20-,21?,22?,23?,24?,25?,26+,27-,28-,29+,30-/m1/s1. The van der Waals surface area contributed by atoms with Gasteiger partial charge in [0, 0.05) is 0 Å². The van der Waals surface area contributed by atoms with Crippen molar-refractivity contribution in [1.82, 2.24) is 0 Å². The maximum atomic E-state index is 11.4. The van der Waals surface area contributed by atoms with Crippen LogP contribution in [0.25, 0.3) is 0 Å². The minimum atomic E-state index is -2.69. The lowest BCUT2D eigenvalue weighted by atomic mass is 9.99. The van der Waals surface area contributed by atoms with Gasteiger partial charge in [0.2, 0.25) is 23.1 Å². The minimum absolute atomic E-state index is 0.805. The third-order valence-corrected chi connectivity index (χ3v) is 10.7. The Morgan fingerprint density at radius 1 is 0.375 bits per heavy atom. The van der Waals surface area contributed by atoms with E-state index in [1.54, 1.807) is 0 Å². The Balaban J connectivity index is 1.38.